The summed E-state index contributed by atoms with van der Waals surface area (Å²) >= 11 is 0. The molecule has 2 unspecified atom stereocenters. The smallest absolute Gasteiger partial charge is 0.00200 e. The van der Waals surface area contributed by atoms with E-state index in [9.17, 15) is 0 Å². The highest BCUT2D eigenvalue weighted by Gasteiger charge is 2.16. The maximum absolute atomic E-state index is 3.32. The summed E-state index contributed by atoms with van der Waals surface area (Å²) in [6.45, 7) is 15.0. The Kier molecular flexibility index (Phi) is 12.3. The molecule has 1 aliphatic rings. The van der Waals surface area contributed by atoms with Crippen molar-refractivity contribution in [3.8, 4) is 0 Å². The van der Waals surface area contributed by atoms with Gasteiger partial charge in [0.05, 0.1) is 0 Å². The summed E-state index contributed by atoms with van der Waals surface area (Å²) in [5.74, 6) is 1.81. The third-order valence-corrected chi connectivity index (χ3v) is 1.90. The second kappa shape index (κ2) is 9.96. The molecule has 0 amide bonds. The number of hydrogen-bond donors (Lipinski definition) is 1. The third-order valence-electron chi connectivity index (χ3n) is 1.90. The molecule has 1 heteroatoms. The van der Waals surface area contributed by atoms with Gasteiger partial charge in [0.25, 0.3) is 0 Å². The van der Waals surface area contributed by atoms with Gasteiger partial charge in [-0.15, -0.1) is 0 Å². The molecule has 0 aromatic heterocycles. The van der Waals surface area contributed by atoms with Crippen molar-refractivity contribution in [2.75, 3.05) is 13.1 Å². The highest BCUT2D eigenvalue weighted by molar-refractivity contribution is 4.73. The quantitative estimate of drug-likeness (QED) is 0.573. The van der Waals surface area contributed by atoms with E-state index in [-0.39, 0.29) is 0 Å². The fourth-order valence-electron chi connectivity index (χ4n) is 0.941. The molecule has 0 bridgehead atoms. The van der Waals surface area contributed by atoms with Gasteiger partial charge in [0, 0.05) is 0 Å². The van der Waals surface area contributed by atoms with Gasteiger partial charge in [-0.1, -0.05) is 41.5 Å². The van der Waals surface area contributed by atoms with Crippen molar-refractivity contribution in [1.29, 1.82) is 0 Å². The van der Waals surface area contributed by atoms with Crippen molar-refractivity contribution in [2.24, 2.45) is 11.8 Å². The summed E-state index contributed by atoms with van der Waals surface area (Å²) in [6.07, 6.45) is 0. The first-order valence-electron chi connectivity index (χ1n) is 5.01. The predicted octanol–water partition coefficient (Wildman–Crippen LogP) is 2.91. The Labute approximate surface area is 72.6 Å². The molecule has 2 atom stereocenters. The Morgan fingerprint density at radius 3 is 1.18 bits per heavy atom. The molecule has 1 aliphatic heterocycles. The minimum absolute atomic E-state index is 0.903. The van der Waals surface area contributed by atoms with Crippen LogP contribution in [-0.4, -0.2) is 13.1 Å². The van der Waals surface area contributed by atoms with Crippen LogP contribution in [0.5, 0.6) is 0 Å². The van der Waals surface area contributed by atoms with Crippen LogP contribution >= 0.6 is 0 Å². The molecular formula is C10H25N. The molecule has 1 rings (SSSR count). The molecule has 0 spiro atoms. The van der Waals surface area contributed by atoms with Gasteiger partial charge in [-0.2, -0.15) is 0 Å². The molecule has 1 saturated heterocycles. The second-order valence-corrected chi connectivity index (χ2v) is 2.61. The van der Waals surface area contributed by atoms with E-state index in [1.807, 2.05) is 27.7 Å². The molecule has 0 saturated carbocycles. The lowest BCUT2D eigenvalue weighted by Gasteiger charge is -2.03. The standard InChI is InChI=1S/C6H13N.2C2H6/c1-5-3-7-4-6(5)2;2*1-2/h5-7H,3-4H2,1-2H3;2*1-2H3. The molecule has 1 heterocycles. The van der Waals surface area contributed by atoms with E-state index in [0.717, 1.165) is 11.8 Å². The maximum atomic E-state index is 3.32. The van der Waals surface area contributed by atoms with Crippen LogP contribution in [-0.2, 0) is 0 Å². The average Bonchev–Trinajstić information content (AvgIpc) is 2.44. The first-order chi connectivity index (χ1) is 5.30. The van der Waals surface area contributed by atoms with Crippen molar-refractivity contribution in [3.63, 3.8) is 0 Å². The summed E-state index contributed by atoms with van der Waals surface area (Å²) < 4.78 is 0. The molecule has 1 fully saturated rings. The van der Waals surface area contributed by atoms with Crippen LogP contribution in [0.4, 0.5) is 0 Å². The van der Waals surface area contributed by atoms with Crippen molar-refractivity contribution in [1.82, 2.24) is 5.32 Å². The Balaban J connectivity index is 0. The van der Waals surface area contributed by atoms with E-state index in [0.29, 0.717) is 0 Å². The largest absolute Gasteiger partial charge is 0.316 e. The zero-order valence-electron chi connectivity index (χ0n) is 9.07. The molecular weight excluding hydrogens is 134 g/mol. The summed E-state index contributed by atoms with van der Waals surface area (Å²) in [5, 5.41) is 3.32. The van der Waals surface area contributed by atoms with E-state index >= 15 is 0 Å². The van der Waals surface area contributed by atoms with Gasteiger partial charge in [0.2, 0.25) is 0 Å². The molecule has 70 valence electrons. The second-order valence-electron chi connectivity index (χ2n) is 2.61. The highest BCUT2D eigenvalue weighted by atomic mass is 14.9. The minimum Gasteiger partial charge on any atom is -0.316 e. The summed E-state index contributed by atoms with van der Waals surface area (Å²) in [6, 6.07) is 0. The maximum Gasteiger partial charge on any atom is -0.00200 e. The SMILES string of the molecule is CC.CC.CC1CNCC1C. The number of hydrogen-bond acceptors (Lipinski definition) is 1. The van der Waals surface area contributed by atoms with Crippen LogP contribution in [0.25, 0.3) is 0 Å². The fourth-order valence-corrected chi connectivity index (χ4v) is 0.941. The van der Waals surface area contributed by atoms with Gasteiger partial charge in [0.1, 0.15) is 0 Å². The average molecular weight is 159 g/mol. The van der Waals surface area contributed by atoms with Crippen LogP contribution in [0.3, 0.4) is 0 Å². The van der Waals surface area contributed by atoms with Crippen LogP contribution in [0, 0.1) is 11.8 Å². The Morgan fingerprint density at radius 2 is 1.09 bits per heavy atom. The zero-order chi connectivity index (χ0) is 9.28. The molecule has 0 aliphatic carbocycles. The van der Waals surface area contributed by atoms with Gasteiger partial charge in [-0.3, -0.25) is 0 Å². The van der Waals surface area contributed by atoms with Gasteiger partial charge in [-0.05, 0) is 24.9 Å². The fraction of sp³-hybridized carbons (Fsp3) is 1.00. The van der Waals surface area contributed by atoms with Gasteiger partial charge in [-0.25, -0.2) is 0 Å². The zero-order valence-corrected chi connectivity index (χ0v) is 9.07. The minimum atomic E-state index is 0.903. The molecule has 11 heavy (non-hydrogen) atoms. The van der Waals surface area contributed by atoms with Crippen molar-refractivity contribution < 1.29 is 0 Å². The number of nitrogens with one attached hydrogen (secondary N) is 1. The van der Waals surface area contributed by atoms with Crippen LogP contribution in [0.15, 0.2) is 0 Å². The number of rotatable bonds is 0. The third kappa shape index (κ3) is 6.36. The topological polar surface area (TPSA) is 12.0 Å². The van der Waals surface area contributed by atoms with Crippen molar-refractivity contribution in [2.45, 2.75) is 41.5 Å². The van der Waals surface area contributed by atoms with E-state index in [2.05, 4.69) is 19.2 Å². The van der Waals surface area contributed by atoms with E-state index in [4.69, 9.17) is 0 Å². The summed E-state index contributed by atoms with van der Waals surface area (Å²) in [4.78, 5) is 0. The summed E-state index contributed by atoms with van der Waals surface area (Å²) in [5.41, 5.74) is 0. The Morgan fingerprint density at radius 1 is 0.818 bits per heavy atom. The van der Waals surface area contributed by atoms with E-state index in [1.165, 1.54) is 13.1 Å². The van der Waals surface area contributed by atoms with Gasteiger partial charge < -0.3 is 5.32 Å². The summed E-state index contributed by atoms with van der Waals surface area (Å²) in [7, 11) is 0. The van der Waals surface area contributed by atoms with Crippen LogP contribution < -0.4 is 5.32 Å². The monoisotopic (exact) mass is 159 g/mol. The predicted molar refractivity (Wildman–Crippen MR) is 53.9 cm³/mol. The molecule has 0 radical (unpaired) electrons. The van der Waals surface area contributed by atoms with Crippen LogP contribution in [0.2, 0.25) is 0 Å². The van der Waals surface area contributed by atoms with Crippen molar-refractivity contribution in [3.05, 3.63) is 0 Å². The first-order valence-corrected chi connectivity index (χ1v) is 5.01. The highest BCUT2D eigenvalue weighted by Crippen LogP contribution is 2.13. The normalized spacial score (nSPS) is 27.8. The lowest BCUT2D eigenvalue weighted by atomic mass is 10.0. The lowest BCUT2D eigenvalue weighted by molar-refractivity contribution is 0.494. The molecule has 1 N–H and O–H groups in total. The van der Waals surface area contributed by atoms with E-state index in [1.54, 1.807) is 0 Å². The lowest BCUT2D eigenvalue weighted by Crippen LogP contribution is -2.06. The molecule has 1 nitrogen and oxygen atoms in total. The Bertz CT molecular complexity index is 53.9. The first kappa shape index (κ1) is 13.5. The van der Waals surface area contributed by atoms with Crippen LogP contribution in [0.1, 0.15) is 41.5 Å². The van der Waals surface area contributed by atoms with E-state index < -0.39 is 0 Å². The Hall–Kier alpha value is -0.0400. The van der Waals surface area contributed by atoms with Crippen molar-refractivity contribution >= 4 is 0 Å². The van der Waals surface area contributed by atoms with Gasteiger partial charge >= 0.3 is 0 Å². The molecule has 0 aromatic carbocycles. The van der Waals surface area contributed by atoms with Gasteiger partial charge in [0.15, 0.2) is 0 Å². The molecule has 0 aromatic rings.